The van der Waals surface area contributed by atoms with E-state index in [4.69, 9.17) is 47.4 Å². The van der Waals surface area contributed by atoms with Crippen LogP contribution in [0.2, 0.25) is 0 Å². The summed E-state index contributed by atoms with van der Waals surface area (Å²) in [5, 5.41) is 0. The summed E-state index contributed by atoms with van der Waals surface area (Å²) in [6, 6.07) is 4.92. The lowest BCUT2D eigenvalue weighted by Gasteiger charge is -2.22. The third kappa shape index (κ3) is 8.02. The maximum absolute atomic E-state index is 14.3. The fraction of sp³-hybridized carbons (Fsp3) is 0.567. The summed E-state index contributed by atoms with van der Waals surface area (Å²) < 4.78 is 56.1. The van der Waals surface area contributed by atoms with Gasteiger partial charge in [-0.1, -0.05) is 6.92 Å². The molecule has 0 saturated carbocycles. The topological polar surface area (TPSA) is 109 Å². The summed E-state index contributed by atoms with van der Waals surface area (Å²) >= 11 is 0. The molecule has 1 heterocycles. The van der Waals surface area contributed by atoms with Gasteiger partial charge in [-0.25, -0.2) is 0 Å². The molecule has 11 nitrogen and oxygen atoms in total. The van der Waals surface area contributed by atoms with E-state index in [1.54, 1.807) is 25.3 Å². The van der Waals surface area contributed by atoms with Crippen molar-refractivity contribution in [3.05, 3.63) is 40.5 Å². The second-order valence-corrected chi connectivity index (χ2v) is 9.68. The maximum Gasteiger partial charge on any atom is 0.203 e. The van der Waals surface area contributed by atoms with Crippen molar-refractivity contribution in [3.8, 4) is 28.7 Å². The van der Waals surface area contributed by atoms with Gasteiger partial charge in [0.2, 0.25) is 5.75 Å². The molecule has 1 aliphatic heterocycles. The molecule has 0 amide bonds. The molecule has 0 aromatic heterocycles. The summed E-state index contributed by atoms with van der Waals surface area (Å²) in [5.74, 6) is 1.02. The van der Waals surface area contributed by atoms with Gasteiger partial charge >= 0.3 is 0 Å². The summed E-state index contributed by atoms with van der Waals surface area (Å²) in [4.78, 5) is 14.3. The van der Waals surface area contributed by atoms with Crippen LogP contribution in [0.25, 0.3) is 0 Å². The van der Waals surface area contributed by atoms with E-state index in [0.717, 1.165) is 11.1 Å². The van der Waals surface area contributed by atoms with Crippen molar-refractivity contribution in [2.75, 3.05) is 69.0 Å². The number of hydrogen-bond donors (Lipinski definition) is 0. The Morgan fingerprint density at radius 2 is 1.51 bits per heavy atom. The molecule has 2 aromatic rings. The van der Waals surface area contributed by atoms with Crippen LogP contribution in [0.1, 0.15) is 47.8 Å². The number of benzene rings is 2. The lowest BCUT2D eigenvalue weighted by Crippen LogP contribution is -2.24. The van der Waals surface area contributed by atoms with Gasteiger partial charge in [0.25, 0.3) is 0 Å². The zero-order valence-corrected chi connectivity index (χ0v) is 25.2. The predicted molar refractivity (Wildman–Crippen MR) is 150 cm³/mol. The highest BCUT2D eigenvalue weighted by molar-refractivity contribution is 6.12. The van der Waals surface area contributed by atoms with Crippen LogP contribution >= 0.6 is 0 Å². The second-order valence-electron chi connectivity index (χ2n) is 9.68. The largest absolute Gasteiger partial charge is 0.493 e. The van der Waals surface area contributed by atoms with Crippen molar-refractivity contribution < 1.29 is 52.2 Å². The molecule has 1 unspecified atom stereocenters. The minimum atomic E-state index is -0.635. The minimum absolute atomic E-state index is 0.0294. The van der Waals surface area contributed by atoms with E-state index in [9.17, 15) is 4.79 Å². The van der Waals surface area contributed by atoms with E-state index >= 15 is 0 Å². The molecule has 1 fully saturated rings. The van der Waals surface area contributed by atoms with Gasteiger partial charge in [-0.05, 0) is 49.9 Å². The number of hydrogen-bond acceptors (Lipinski definition) is 11. The van der Waals surface area contributed by atoms with Gasteiger partial charge in [-0.3, -0.25) is 4.79 Å². The van der Waals surface area contributed by atoms with Crippen LogP contribution in [0.5, 0.6) is 28.7 Å². The first kappa shape index (κ1) is 32.4. The Labute approximate surface area is 241 Å². The summed E-state index contributed by atoms with van der Waals surface area (Å²) in [6.07, 6.45) is 0.814. The molecule has 1 aliphatic rings. The highest BCUT2D eigenvalue weighted by Crippen LogP contribution is 2.41. The molecule has 11 heteroatoms. The van der Waals surface area contributed by atoms with Crippen molar-refractivity contribution in [1.29, 1.82) is 0 Å². The third-order valence-electron chi connectivity index (χ3n) is 6.51. The lowest BCUT2D eigenvalue weighted by atomic mass is 9.90. The molecular weight excluding hydrogens is 536 g/mol. The first-order valence-corrected chi connectivity index (χ1v) is 13.4. The van der Waals surface area contributed by atoms with Gasteiger partial charge < -0.3 is 47.4 Å². The first-order chi connectivity index (χ1) is 19.7. The van der Waals surface area contributed by atoms with Crippen molar-refractivity contribution in [2.24, 2.45) is 0 Å². The van der Waals surface area contributed by atoms with Crippen LogP contribution < -0.4 is 23.7 Å². The lowest BCUT2D eigenvalue weighted by molar-refractivity contribution is -0.144. The summed E-state index contributed by atoms with van der Waals surface area (Å²) in [5.41, 5.74) is 2.26. The zero-order valence-electron chi connectivity index (χ0n) is 25.2. The molecule has 0 bridgehead atoms. The van der Waals surface area contributed by atoms with Crippen LogP contribution in [-0.2, 0) is 36.5 Å². The van der Waals surface area contributed by atoms with E-state index in [-0.39, 0.29) is 25.5 Å². The van der Waals surface area contributed by atoms with Gasteiger partial charge in [-0.15, -0.1) is 0 Å². The summed E-state index contributed by atoms with van der Waals surface area (Å²) in [6.45, 7) is 6.82. The minimum Gasteiger partial charge on any atom is -0.493 e. The number of carbonyl (C=O) groups excluding carboxylic acids is 1. The molecule has 3 rings (SSSR count). The van der Waals surface area contributed by atoms with Gasteiger partial charge in [0.1, 0.15) is 17.6 Å². The van der Waals surface area contributed by atoms with Crippen molar-refractivity contribution in [2.45, 2.75) is 45.5 Å². The van der Waals surface area contributed by atoms with Gasteiger partial charge in [0, 0.05) is 25.8 Å². The Hall–Kier alpha value is -3.09. The standard InChI is InChI=1S/C30H42O11/c1-9-21-22(10-11-37-15-20-16-40-30(2,3)41-20)27(24(39-18-33-5)14-23(21)38-17-32-4)28(31)19-12-25(34-6)29(36-8)26(13-19)35-7/h12-14,20H,9-11,15-18H2,1-8H3. The summed E-state index contributed by atoms with van der Waals surface area (Å²) in [7, 11) is 7.56. The molecule has 0 aliphatic carbocycles. The van der Waals surface area contributed by atoms with E-state index in [1.165, 1.54) is 28.4 Å². The Morgan fingerprint density at radius 3 is 2.02 bits per heavy atom. The molecular formula is C30H42O11. The number of ether oxygens (including phenoxy) is 10. The highest BCUT2D eigenvalue weighted by atomic mass is 16.7. The zero-order chi connectivity index (χ0) is 30.0. The van der Waals surface area contributed by atoms with Crippen LogP contribution in [-0.4, -0.2) is 86.6 Å². The smallest absolute Gasteiger partial charge is 0.203 e. The number of methoxy groups -OCH3 is 5. The average Bonchev–Trinajstić information content (AvgIpc) is 3.33. The van der Waals surface area contributed by atoms with E-state index < -0.39 is 5.79 Å². The normalized spacial score (nSPS) is 16.0. The van der Waals surface area contributed by atoms with Crippen LogP contribution in [0.4, 0.5) is 0 Å². The predicted octanol–water partition coefficient (Wildman–Crippen LogP) is 4.18. The van der Waals surface area contributed by atoms with Gasteiger partial charge in [-0.2, -0.15) is 0 Å². The molecule has 0 spiro atoms. The van der Waals surface area contributed by atoms with Crippen molar-refractivity contribution >= 4 is 5.78 Å². The molecule has 41 heavy (non-hydrogen) atoms. The Kier molecular flexibility index (Phi) is 12.0. The number of ketones is 1. The molecule has 0 N–H and O–H groups in total. The van der Waals surface area contributed by atoms with Crippen LogP contribution in [0, 0.1) is 0 Å². The number of rotatable bonds is 17. The Bertz CT molecular complexity index is 1140. The Morgan fingerprint density at radius 1 is 0.878 bits per heavy atom. The van der Waals surface area contributed by atoms with Crippen LogP contribution in [0.15, 0.2) is 18.2 Å². The first-order valence-electron chi connectivity index (χ1n) is 13.4. The third-order valence-corrected chi connectivity index (χ3v) is 6.51. The van der Waals surface area contributed by atoms with E-state index in [2.05, 4.69) is 0 Å². The molecule has 1 saturated heterocycles. The number of carbonyl (C=O) groups is 1. The fourth-order valence-electron chi connectivity index (χ4n) is 4.72. The second kappa shape index (κ2) is 15.2. The Balaban J connectivity index is 2.07. The van der Waals surface area contributed by atoms with Crippen molar-refractivity contribution in [1.82, 2.24) is 0 Å². The van der Waals surface area contributed by atoms with Gasteiger partial charge in [0.15, 0.2) is 36.7 Å². The molecule has 2 aromatic carbocycles. The molecule has 228 valence electrons. The SMILES string of the molecule is CCc1c(OCOC)cc(OCOC)c(C(=O)c2cc(OC)c(OC)c(OC)c2)c1CCOCC1COC(C)(C)O1. The molecule has 0 radical (unpaired) electrons. The van der Waals surface area contributed by atoms with E-state index in [1.807, 2.05) is 20.8 Å². The average molecular weight is 579 g/mol. The highest BCUT2D eigenvalue weighted by Gasteiger charge is 2.33. The molecule has 1 atom stereocenters. The monoisotopic (exact) mass is 578 g/mol. The van der Waals surface area contributed by atoms with E-state index in [0.29, 0.717) is 72.5 Å². The fourth-order valence-corrected chi connectivity index (χ4v) is 4.72. The quantitative estimate of drug-likeness (QED) is 0.153. The maximum atomic E-state index is 14.3. The van der Waals surface area contributed by atoms with Gasteiger partial charge in [0.05, 0.1) is 46.7 Å². The van der Waals surface area contributed by atoms with Crippen LogP contribution in [0.3, 0.4) is 0 Å². The van der Waals surface area contributed by atoms with Crippen molar-refractivity contribution in [3.63, 3.8) is 0 Å².